The summed E-state index contributed by atoms with van der Waals surface area (Å²) in [6.45, 7) is 0.0863. The number of benzene rings is 3. The number of rotatable bonds is 7. The van der Waals surface area contributed by atoms with Gasteiger partial charge in [-0.1, -0.05) is 24.3 Å². The normalized spacial score (nSPS) is 10.8. The zero-order chi connectivity index (χ0) is 23.5. The molecule has 4 aromatic rings. The third-order valence-electron chi connectivity index (χ3n) is 5.41. The summed E-state index contributed by atoms with van der Waals surface area (Å²) >= 11 is 0. The second-order valence-corrected chi connectivity index (χ2v) is 7.37. The van der Waals surface area contributed by atoms with E-state index in [2.05, 4.69) is 0 Å². The minimum Gasteiger partial charge on any atom is -0.503 e. The number of hydrogen-bond donors (Lipinski definition) is 2. The SMILES string of the molecule is COc1ccc(C(=O)c2c(O)c(O)n(Cc3ccc(F)cc3)c2-c2ccccc2OC)cc1. The highest BCUT2D eigenvalue weighted by Crippen LogP contribution is 2.45. The standard InChI is InChI=1S/C26H22FNO5/c1-32-19-13-9-17(10-14-19)24(29)22-23(20-5-3-4-6-21(20)33-2)28(26(31)25(22)30)15-16-7-11-18(27)12-8-16/h3-14,30-31H,15H2,1-2H3. The largest absolute Gasteiger partial charge is 0.503 e. The van der Waals surface area contributed by atoms with Gasteiger partial charge in [0.25, 0.3) is 0 Å². The van der Waals surface area contributed by atoms with Gasteiger partial charge >= 0.3 is 0 Å². The molecule has 0 unspecified atom stereocenters. The van der Waals surface area contributed by atoms with Crippen molar-refractivity contribution in [3.05, 3.63) is 95.3 Å². The van der Waals surface area contributed by atoms with Crippen LogP contribution in [-0.2, 0) is 6.54 Å². The van der Waals surface area contributed by atoms with Crippen molar-refractivity contribution in [1.82, 2.24) is 4.57 Å². The third-order valence-corrected chi connectivity index (χ3v) is 5.41. The molecule has 0 aliphatic heterocycles. The molecule has 1 heterocycles. The van der Waals surface area contributed by atoms with Crippen molar-refractivity contribution in [1.29, 1.82) is 0 Å². The molecule has 0 fully saturated rings. The van der Waals surface area contributed by atoms with E-state index in [1.807, 2.05) is 0 Å². The number of ketones is 1. The highest BCUT2D eigenvalue weighted by Gasteiger charge is 2.30. The van der Waals surface area contributed by atoms with Crippen LogP contribution in [0.25, 0.3) is 11.3 Å². The average Bonchev–Trinajstić information content (AvgIpc) is 3.09. The summed E-state index contributed by atoms with van der Waals surface area (Å²) in [6.07, 6.45) is 0. The number of nitrogens with zero attached hydrogens (tertiary/aromatic N) is 1. The number of aromatic nitrogens is 1. The second-order valence-electron chi connectivity index (χ2n) is 7.37. The van der Waals surface area contributed by atoms with Crippen molar-refractivity contribution in [3.63, 3.8) is 0 Å². The molecule has 7 heteroatoms. The lowest BCUT2D eigenvalue weighted by atomic mass is 9.98. The summed E-state index contributed by atoms with van der Waals surface area (Å²) in [5, 5.41) is 21.7. The van der Waals surface area contributed by atoms with Gasteiger partial charge in [0.15, 0.2) is 11.5 Å². The van der Waals surface area contributed by atoms with Gasteiger partial charge in [-0.05, 0) is 54.1 Å². The molecule has 6 nitrogen and oxygen atoms in total. The van der Waals surface area contributed by atoms with E-state index in [9.17, 15) is 19.4 Å². The van der Waals surface area contributed by atoms with E-state index in [1.54, 1.807) is 60.7 Å². The molecule has 0 radical (unpaired) electrons. The first-order valence-corrected chi connectivity index (χ1v) is 10.2. The molecule has 0 amide bonds. The minimum absolute atomic E-state index is 0.0655. The highest BCUT2D eigenvalue weighted by molar-refractivity contribution is 6.15. The van der Waals surface area contributed by atoms with Gasteiger partial charge < -0.3 is 24.3 Å². The van der Waals surface area contributed by atoms with Gasteiger partial charge in [-0.2, -0.15) is 0 Å². The molecule has 0 aliphatic rings. The Kier molecular flexibility index (Phi) is 6.04. The zero-order valence-corrected chi connectivity index (χ0v) is 18.1. The lowest BCUT2D eigenvalue weighted by Crippen LogP contribution is -2.07. The molecule has 0 bridgehead atoms. The average molecular weight is 447 g/mol. The molecule has 0 saturated heterocycles. The molecule has 1 aromatic heterocycles. The molecule has 0 atom stereocenters. The van der Waals surface area contributed by atoms with Crippen LogP contribution >= 0.6 is 0 Å². The zero-order valence-electron chi connectivity index (χ0n) is 18.1. The van der Waals surface area contributed by atoms with Gasteiger partial charge in [-0.25, -0.2) is 4.39 Å². The van der Waals surface area contributed by atoms with E-state index in [-0.39, 0.29) is 17.8 Å². The number of carbonyl (C=O) groups is 1. The predicted octanol–water partition coefficient (Wildman–Crippen LogP) is 5.00. The molecule has 0 saturated carbocycles. The Morgan fingerprint density at radius 1 is 0.909 bits per heavy atom. The Morgan fingerprint density at radius 3 is 2.21 bits per heavy atom. The van der Waals surface area contributed by atoms with Crippen LogP contribution in [0.1, 0.15) is 21.5 Å². The van der Waals surface area contributed by atoms with Crippen molar-refractivity contribution in [3.8, 4) is 34.4 Å². The van der Waals surface area contributed by atoms with Crippen molar-refractivity contribution in [2.24, 2.45) is 0 Å². The summed E-state index contributed by atoms with van der Waals surface area (Å²) in [4.78, 5) is 13.5. The Morgan fingerprint density at radius 2 is 1.58 bits per heavy atom. The lowest BCUT2D eigenvalue weighted by Gasteiger charge is -2.15. The Bertz CT molecular complexity index is 1290. The first kappa shape index (κ1) is 22.0. The molecule has 33 heavy (non-hydrogen) atoms. The molecule has 4 rings (SSSR count). The quantitative estimate of drug-likeness (QED) is 0.390. The van der Waals surface area contributed by atoms with E-state index in [1.165, 1.54) is 30.9 Å². The predicted molar refractivity (Wildman–Crippen MR) is 122 cm³/mol. The van der Waals surface area contributed by atoms with Gasteiger partial charge in [0.2, 0.25) is 5.88 Å². The molecule has 0 aliphatic carbocycles. The van der Waals surface area contributed by atoms with Crippen LogP contribution in [0.3, 0.4) is 0 Å². The van der Waals surface area contributed by atoms with E-state index < -0.39 is 23.2 Å². The van der Waals surface area contributed by atoms with Gasteiger partial charge in [0, 0.05) is 11.1 Å². The summed E-state index contributed by atoms with van der Waals surface area (Å²) in [5.41, 5.74) is 1.70. The van der Waals surface area contributed by atoms with Crippen LogP contribution in [0.2, 0.25) is 0 Å². The monoisotopic (exact) mass is 447 g/mol. The Labute approximate surface area is 190 Å². The maximum Gasteiger partial charge on any atom is 0.236 e. The van der Waals surface area contributed by atoms with Gasteiger partial charge in [-0.15, -0.1) is 0 Å². The van der Waals surface area contributed by atoms with Crippen molar-refractivity contribution in [2.45, 2.75) is 6.54 Å². The molecule has 2 N–H and O–H groups in total. The van der Waals surface area contributed by atoms with E-state index >= 15 is 0 Å². The van der Waals surface area contributed by atoms with Crippen LogP contribution in [0, 0.1) is 5.82 Å². The molecule has 0 spiro atoms. The van der Waals surface area contributed by atoms with Crippen LogP contribution in [0.4, 0.5) is 4.39 Å². The Hall–Kier alpha value is -4.26. The number of carbonyl (C=O) groups excluding carboxylic acids is 1. The van der Waals surface area contributed by atoms with Crippen LogP contribution in [0.15, 0.2) is 72.8 Å². The fourth-order valence-electron chi connectivity index (χ4n) is 3.74. The maximum absolute atomic E-state index is 13.5. The van der Waals surface area contributed by atoms with Crippen molar-refractivity contribution < 1.29 is 28.9 Å². The van der Waals surface area contributed by atoms with Crippen molar-refractivity contribution >= 4 is 5.78 Å². The molecular formula is C26H22FNO5. The number of hydrogen-bond acceptors (Lipinski definition) is 5. The third kappa shape index (κ3) is 4.13. The van der Waals surface area contributed by atoms with Crippen LogP contribution in [0.5, 0.6) is 23.1 Å². The minimum atomic E-state index is -0.543. The first-order chi connectivity index (χ1) is 15.9. The topological polar surface area (TPSA) is 80.9 Å². The fraction of sp³-hybridized carbons (Fsp3) is 0.115. The highest BCUT2D eigenvalue weighted by atomic mass is 19.1. The maximum atomic E-state index is 13.5. The number of methoxy groups -OCH3 is 2. The Balaban J connectivity index is 1.93. The van der Waals surface area contributed by atoms with Crippen LogP contribution in [-0.4, -0.2) is 34.8 Å². The summed E-state index contributed by atoms with van der Waals surface area (Å²) < 4.78 is 25.4. The molecular weight excluding hydrogens is 425 g/mol. The van der Waals surface area contributed by atoms with E-state index in [0.29, 0.717) is 28.2 Å². The van der Waals surface area contributed by atoms with E-state index in [4.69, 9.17) is 9.47 Å². The van der Waals surface area contributed by atoms with Crippen molar-refractivity contribution in [2.75, 3.05) is 14.2 Å². The number of aromatic hydroxyl groups is 2. The lowest BCUT2D eigenvalue weighted by molar-refractivity contribution is 0.103. The number of ether oxygens (including phenoxy) is 2. The van der Waals surface area contributed by atoms with Gasteiger partial charge in [0.05, 0.1) is 32.0 Å². The van der Waals surface area contributed by atoms with Crippen LogP contribution < -0.4 is 9.47 Å². The number of para-hydroxylation sites is 1. The fourth-order valence-corrected chi connectivity index (χ4v) is 3.74. The summed E-state index contributed by atoms with van der Waals surface area (Å²) in [6, 6.07) is 19.2. The van der Waals surface area contributed by atoms with E-state index in [0.717, 1.165) is 0 Å². The summed E-state index contributed by atoms with van der Waals surface area (Å²) in [7, 11) is 3.02. The van der Waals surface area contributed by atoms with Gasteiger partial charge in [0.1, 0.15) is 17.3 Å². The second kappa shape index (κ2) is 9.08. The molecule has 3 aromatic carbocycles. The van der Waals surface area contributed by atoms with Gasteiger partial charge in [-0.3, -0.25) is 4.79 Å². The summed E-state index contributed by atoms with van der Waals surface area (Å²) in [5.74, 6) is -0.851. The smallest absolute Gasteiger partial charge is 0.236 e. The molecule has 168 valence electrons. The first-order valence-electron chi connectivity index (χ1n) is 10.2. The number of halogens is 1.